The van der Waals surface area contributed by atoms with Crippen molar-refractivity contribution in [3.05, 3.63) is 0 Å². The van der Waals surface area contributed by atoms with Crippen molar-refractivity contribution in [3.8, 4) is 0 Å². The van der Waals surface area contributed by atoms with E-state index in [1.165, 1.54) is 44.9 Å². The molecule has 0 heterocycles. The van der Waals surface area contributed by atoms with E-state index in [0.717, 1.165) is 25.3 Å². The van der Waals surface area contributed by atoms with Gasteiger partial charge in [0, 0.05) is 13.0 Å². The van der Waals surface area contributed by atoms with Crippen LogP contribution in [-0.2, 0) is 4.79 Å². The standard InChI is InChI=1S/C16H33NO.C2H6/c1-4-5-6-10-13-16(18)17-14-11-8-7-9-12-15(2)3;1-2/h15H,4-14H2,1-3H3,(H,17,18);1-2H3. The SMILES string of the molecule is CC.CCCCCCC(=O)NCCCCCCC(C)C. The lowest BCUT2D eigenvalue weighted by molar-refractivity contribution is -0.121. The Kier molecular flexibility index (Phi) is 20.1. The van der Waals surface area contributed by atoms with E-state index in [1.807, 2.05) is 13.8 Å². The third-order valence-electron chi connectivity index (χ3n) is 3.29. The number of hydrogen-bond acceptors (Lipinski definition) is 1. The summed E-state index contributed by atoms with van der Waals surface area (Å²) in [4.78, 5) is 11.5. The van der Waals surface area contributed by atoms with E-state index in [0.29, 0.717) is 6.42 Å². The first-order chi connectivity index (χ1) is 9.66. The van der Waals surface area contributed by atoms with Crippen molar-refractivity contribution in [2.75, 3.05) is 6.54 Å². The van der Waals surface area contributed by atoms with Crippen molar-refractivity contribution in [1.82, 2.24) is 5.32 Å². The fourth-order valence-corrected chi connectivity index (χ4v) is 2.06. The summed E-state index contributed by atoms with van der Waals surface area (Å²) in [6, 6.07) is 0. The molecule has 0 spiro atoms. The molecule has 2 nitrogen and oxygen atoms in total. The summed E-state index contributed by atoms with van der Waals surface area (Å²) in [5.74, 6) is 1.07. The summed E-state index contributed by atoms with van der Waals surface area (Å²) in [5.41, 5.74) is 0. The highest BCUT2D eigenvalue weighted by atomic mass is 16.1. The third-order valence-corrected chi connectivity index (χ3v) is 3.29. The van der Waals surface area contributed by atoms with Crippen molar-refractivity contribution in [2.45, 2.75) is 98.8 Å². The van der Waals surface area contributed by atoms with Crippen LogP contribution in [0.3, 0.4) is 0 Å². The minimum Gasteiger partial charge on any atom is -0.356 e. The van der Waals surface area contributed by atoms with Gasteiger partial charge in [0.1, 0.15) is 0 Å². The predicted octanol–water partition coefficient (Wildman–Crippen LogP) is 5.71. The maximum atomic E-state index is 11.5. The van der Waals surface area contributed by atoms with E-state index in [-0.39, 0.29) is 5.91 Å². The summed E-state index contributed by atoms with van der Waals surface area (Å²) < 4.78 is 0. The second kappa shape index (κ2) is 18.5. The van der Waals surface area contributed by atoms with Crippen LogP contribution in [0.5, 0.6) is 0 Å². The van der Waals surface area contributed by atoms with Crippen molar-refractivity contribution in [1.29, 1.82) is 0 Å². The number of carbonyl (C=O) groups excluding carboxylic acids is 1. The molecular weight excluding hydrogens is 246 g/mol. The smallest absolute Gasteiger partial charge is 0.219 e. The molecule has 0 unspecified atom stereocenters. The monoisotopic (exact) mass is 285 g/mol. The van der Waals surface area contributed by atoms with Crippen molar-refractivity contribution < 1.29 is 4.79 Å². The van der Waals surface area contributed by atoms with Gasteiger partial charge in [0.15, 0.2) is 0 Å². The molecule has 0 saturated heterocycles. The molecule has 0 aromatic rings. The zero-order valence-electron chi connectivity index (χ0n) is 14.8. The van der Waals surface area contributed by atoms with Crippen LogP contribution >= 0.6 is 0 Å². The van der Waals surface area contributed by atoms with E-state index >= 15 is 0 Å². The van der Waals surface area contributed by atoms with Gasteiger partial charge < -0.3 is 5.32 Å². The molecule has 122 valence electrons. The fourth-order valence-electron chi connectivity index (χ4n) is 2.06. The molecule has 0 bridgehead atoms. The zero-order chi connectivity index (χ0) is 15.6. The van der Waals surface area contributed by atoms with Crippen molar-refractivity contribution >= 4 is 5.91 Å². The van der Waals surface area contributed by atoms with Crippen molar-refractivity contribution in [3.63, 3.8) is 0 Å². The lowest BCUT2D eigenvalue weighted by Crippen LogP contribution is -2.23. The van der Waals surface area contributed by atoms with Crippen LogP contribution in [0.2, 0.25) is 0 Å². The Bertz CT molecular complexity index is 190. The Labute approximate surface area is 128 Å². The molecule has 20 heavy (non-hydrogen) atoms. The van der Waals surface area contributed by atoms with Gasteiger partial charge in [-0.3, -0.25) is 4.79 Å². The Morgan fingerprint density at radius 1 is 0.900 bits per heavy atom. The first kappa shape index (κ1) is 21.8. The minimum absolute atomic E-state index is 0.244. The molecule has 0 atom stereocenters. The lowest BCUT2D eigenvalue weighted by atomic mass is 10.0. The number of unbranched alkanes of at least 4 members (excludes halogenated alkanes) is 6. The maximum absolute atomic E-state index is 11.5. The molecule has 0 fully saturated rings. The average Bonchev–Trinajstić information content (AvgIpc) is 2.44. The molecule has 0 aromatic heterocycles. The van der Waals surface area contributed by atoms with Gasteiger partial charge in [0.05, 0.1) is 0 Å². The average molecular weight is 286 g/mol. The Balaban J connectivity index is 0. The highest BCUT2D eigenvalue weighted by Crippen LogP contribution is 2.09. The molecule has 0 radical (unpaired) electrons. The summed E-state index contributed by atoms with van der Waals surface area (Å²) in [6.07, 6.45) is 11.8. The van der Waals surface area contributed by atoms with E-state index in [1.54, 1.807) is 0 Å². The lowest BCUT2D eigenvalue weighted by Gasteiger charge is -2.06. The van der Waals surface area contributed by atoms with E-state index in [4.69, 9.17) is 0 Å². The van der Waals surface area contributed by atoms with Crippen LogP contribution in [-0.4, -0.2) is 12.5 Å². The first-order valence-corrected chi connectivity index (χ1v) is 8.93. The second-order valence-electron chi connectivity index (χ2n) is 5.76. The van der Waals surface area contributed by atoms with E-state index in [2.05, 4.69) is 26.1 Å². The van der Waals surface area contributed by atoms with Gasteiger partial charge in [-0.05, 0) is 18.8 Å². The normalized spacial score (nSPS) is 10.1. The number of amides is 1. The quantitative estimate of drug-likeness (QED) is 0.457. The van der Waals surface area contributed by atoms with Crippen LogP contribution in [0.15, 0.2) is 0 Å². The van der Waals surface area contributed by atoms with Crippen molar-refractivity contribution in [2.24, 2.45) is 5.92 Å². The highest BCUT2D eigenvalue weighted by molar-refractivity contribution is 5.75. The largest absolute Gasteiger partial charge is 0.356 e. The van der Waals surface area contributed by atoms with Gasteiger partial charge in [-0.25, -0.2) is 0 Å². The van der Waals surface area contributed by atoms with Gasteiger partial charge in [0.2, 0.25) is 5.91 Å². The van der Waals surface area contributed by atoms with E-state index in [9.17, 15) is 4.79 Å². The number of carbonyl (C=O) groups is 1. The summed E-state index contributed by atoms with van der Waals surface area (Å²) in [5, 5.41) is 3.02. The minimum atomic E-state index is 0.244. The number of rotatable bonds is 12. The Hall–Kier alpha value is -0.530. The Morgan fingerprint density at radius 2 is 1.50 bits per heavy atom. The predicted molar refractivity (Wildman–Crippen MR) is 91.0 cm³/mol. The van der Waals surface area contributed by atoms with Gasteiger partial charge in [-0.2, -0.15) is 0 Å². The zero-order valence-corrected chi connectivity index (χ0v) is 14.8. The summed E-state index contributed by atoms with van der Waals surface area (Å²) in [6.45, 7) is 11.6. The molecule has 0 aromatic carbocycles. The topological polar surface area (TPSA) is 29.1 Å². The maximum Gasteiger partial charge on any atom is 0.219 e. The molecule has 0 aliphatic heterocycles. The van der Waals surface area contributed by atoms with Crippen LogP contribution in [0.25, 0.3) is 0 Å². The van der Waals surface area contributed by atoms with Gasteiger partial charge in [0.25, 0.3) is 0 Å². The molecule has 1 amide bonds. The number of nitrogens with one attached hydrogen (secondary N) is 1. The van der Waals surface area contributed by atoms with E-state index < -0.39 is 0 Å². The highest BCUT2D eigenvalue weighted by Gasteiger charge is 2.00. The second-order valence-corrected chi connectivity index (χ2v) is 5.76. The third kappa shape index (κ3) is 19.8. The van der Waals surface area contributed by atoms with Gasteiger partial charge >= 0.3 is 0 Å². The van der Waals surface area contributed by atoms with Gasteiger partial charge in [-0.15, -0.1) is 0 Å². The summed E-state index contributed by atoms with van der Waals surface area (Å²) in [7, 11) is 0. The number of hydrogen-bond donors (Lipinski definition) is 1. The Morgan fingerprint density at radius 3 is 2.10 bits per heavy atom. The summed E-state index contributed by atoms with van der Waals surface area (Å²) >= 11 is 0. The molecule has 0 aliphatic carbocycles. The molecule has 0 rings (SSSR count). The van der Waals surface area contributed by atoms with Crippen LogP contribution in [0.1, 0.15) is 98.8 Å². The van der Waals surface area contributed by atoms with Crippen LogP contribution in [0, 0.1) is 5.92 Å². The molecule has 0 saturated carbocycles. The van der Waals surface area contributed by atoms with Crippen LogP contribution in [0.4, 0.5) is 0 Å². The molecular formula is C18H39NO. The fraction of sp³-hybridized carbons (Fsp3) is 0.944. The molecule has 1 N–H and O–H groups in total. The molecule has 2 heteroatoms. The van der Waals surface area contributed by atoms with Gasteiger partial charge in [-0.1, -0.05) is 79.6 Å². The first-order valence-electron chi connectivity index (χ1n) is 8.93. The molecule has 0 aliphatic rings. The van der Waals surface area contributed by atoms with Crippen LogP contribution < -0.4 is 5.32 Å².